The number of carbonyl (C=O) groups is 2. The molecule has 6 nitrogen and oxygen atoms in total. The van der Waals surface area contributed by atoms with Gasteiger partial charge in [0.1, 0.15) is 6.61 Å². The summed E-state index contributed by atoms with van der Waals surface area (Å²) in [6, 6.07) is 7.45. The fraction of sp³-hybridized carbons (Fsp3) is 0.385. The zero-order valence-electron chi connectivity index (χ0n) is 10.7. The first-order valence-corrected chi connectivity index (χ1v) is 6.05. The molecule has 19 heavy (non-hydrogen) atoms. The van der Waals surface area contributed by atoms with E-state index in [2.05, 4.69) is 5.32 Å². The van der Waals surface area contributed by atoms with Gasteiger partial charge in [0.15, 0.2) is 0 Å². The minimum absolute atomic E-state index is 0.0647. The molecule has 104 valence electrons. The van der Waals surface area contributed by atoms with E-state index < -0.39 is 5.91 Å². The van der Waals surface area contributed by atoms with Gasteiger partial charge in [-0.05, 0) is 24.1 Å². The van der Waals surface area contributed by atoms with Crippen LogP contribution in [0.5, 0.6) is 0 Å². The zero-order valence-corrected chi connectivity index (χ0v) is 10.7. The van der Waals surface area contributed by atoms with Gasteiger partial charge >= 0.3 is 0 Å². The second-order valence-corrected chi connectivity index (χ2v) is 4.11. The fourth-order valence-corrected chi connectivity index (χ4v) is 1.53. The van der Waals surface area contributed by atoms with Crippen molar-refractivity contribution in [2.24, 2.45) is 5.73 Å². The molecule has 0 aliphatic carbocycles. The number of nitrogens with one attached hydrogen (secondary N) is 1. The van der Waals surface area contributed by atoms with Crippen LogP contribution >= 0.6 is 0 Å². The summed E-state index contributed by atoms with van der Waals surface area (Å²) in [5.41, 5.74) is 12.3. The summed E-state index contributed by atoms with van der Waals surface area (Å²) < 4.78 is 4.92. The Labute approximate surface area is 112 Å². The molecule has 1 aromatic carbocycles. The number of hydrogen-bond donors (Lipinski definition) is 3. The Morgan fingerprint density at radius 1 is 1.32 bits per heavy atom. The molecular formula is C13H19N3O3. The third kappa shape index (κ3) is 7.05. The van der Waals surface area contributed by atoms with E-state index in [1.54, 1.807) is 6.07 Å². The second-order valence-electron chi connectivity index (χ2n) is 4.11. The van der Waals surface area contributed by atoms with Crippen molar-refractivity contribution >= 4 is 17.5 Å². The van der Waals surface area contributed by atoms with Gasteiger partial charge < -0.3 is 21.5 Å². The molecule has 0 unspecified atom stereocenters. The number of carbonyl (C=O) groups excluding carboxylic acids is 2. The van der Waals surface area contributed by atoms with Gasteiger partial charge in [0.05, 0.1) is 6.61 Å². The standard InChI is InChI=1S/C13H19N3O3/c14-11-3-1-2-10(8-11)4-5-13(18)16-6-7-19-9-12(15)17/h1-3,8H,4-7,9,14H2,(H2,15,17)(H,16,18). The fourth-order valence-electron chi connectivity index (χ4n) is 1.53. The van der Waals surface area contributed by atoms with Crippen molar-refractivity contribution in [3.63, 3.8) is 0 Å². The van der Waals surface area contributed by atoms with Gasteiger partial charge in [-0.15, -0.1) is 0 Å². The maximum atomic E-state index is 11.5. The lowest BCUT2D eigenvalue weighted by Crippen LogP contribution is -2.28. The van der Waals surface area contributed by atoms with E-state index in [1.165, 1.54) is 0 Å². The smallest absolute Gasteiger partial charge is 0.243 e. The molecule has 1 rings (SSSR count). The summed E-state index contributed by atoms with van der Waals surface area (Å²) in [4.78, 5) is 21.9. The second kappa shape index (κ2) is 8.10. The minimum Gasteiger partial charge on any atom is -0.399 e. The van der Waals surface area contributed by atoms with Crippen molar-refractivity contribution in [1.82, 2.24) is 5.32 Å². The lowest BCUT2D eigenvalue weighted by Gasteiger charge is -2.06. The van der Waals surface area contributed by atoms with Crippen LogP contribution in [0.1, 0.15) is 12.0 Å². The van der Waals surface area contributed by atoms with Gasteiger partial charge in [-0.1, -0.05) is 12.1 Å². The van der Waals surface area contributed by atoms with Crippen molar-refractivity contribution in [2.45, 2.75) is 12.8 Å². The number of primary amides is 1. The quantitative estimate of drug-likeness (QED) is 0.447. The summed E-state index contributed by atoms with van der Waals surface area (Å²) in [5, 5.41) is 2.69. The Morgan fingerprint density at radius 2 is 2.11 bits per heavy atom. The molecule has 0 fully saturated rings. The van der Waals surface area contributed by atoms with Gasteiger partial charge in [0.2, 0.25) is 11.8 Å². The first kappa shape index (κ1) is 15.0. The van der Waals surface area contributed by atoms with E-state index >= 15 is 0 Å². The molecular weight excluding hydrogens is 246 g/mol. The molecule has 5 N–H and O–H groups in total. The highest BCUT2D eigenvalue weighted by Crippen LogP contribution is 2.08. The monoisotopic (exact) mass is 265 g/mol. The van der Waals surface area contributed by atoms with Crippen LogP contribution in [0.3, 0.4) is 0 Å². The van der Waals surface area contributed by atoms with Crippen LogP contribution in [-0.2, 0) is 20.7 Å². The number of nitrogens with two attached hydrogens (primary N) is 2. The van der Waals surface area contributed by atoms with Gasteiger partial charge in [-0.2, -0.15) is 0 Å². The van der Waals surface area contributed by atoms with Crippen LogP contribution in [-0.4, -0.2) is 31.6 Å². The Morgan fingerprint density at radius 3 is 2.79 bits per heavy atom. The molecule has 6 heteroatoms. The van der Waals surface area contributed by atoms with Gasteiger partial charge in [-0.25, -0.2) is 0 Å². The van der Waals surface area contributed by atoms with E-state index in [1.807, 2.05) is 18.2 Å². The van der Waals surface area contributed by atoms with E-state index in [0.29, 0.717) is 25.1 Å². The number of amides is 2. The highest BCUT2D eigenvalue weighted by Gasteiger charge is 2.02. The third-order valence-electron chi connectivity index (χ3n) is 2.40. The molecule has 2 amide bonds. The molecule has 0 atom stereocenters. The van der Waals surface area contributed by atoms with Gasteiger partial charge in [0, 0.05) is 18.7 Å². The zero-order chi connectivity index (χ0) is 14.1. The summed E-state index contributed by atoms with van der Waals surface area (Å²) in [6.07, 6.45) is 1.03. The van der Waals surface area contributed by atoms with E-state index in [4.69, 9.17) is 16.2 Å². The molecule has 0 aliphatic heterocycles. The first-order chi connectivity index (χ1) is 9.08. The van der Waals surface area contributed by atoms with Crippen LogP contribution in [0.15, 0.2) is 24.3 Å². The van der Waals surface area contributed by atoms with E-state index in [9.17, 15) is 9.59 Å². The van der Waals surface area contributed by atoms with Gasteiger partial charge in [-0.3, -0.25) is 9.59 Å². The molecule has 0 spiro atoms. The summed E-state index contributed by atoms with van der Waals surface area (Å²) >= 11 is 0. The number of hydrogen-bond acceptors (Lipinski definition) is 4. The summed E-state index contributed by atoms with van der Waals surface area (Å²) in [6.45, 7) is 0.509. The van der Waals surface area contributed by atoms with Gasteiger partial charge in [0.25, 0.3) is 0 Å². The van der Waals surface area contributed by atoms with E-state index in [0.717, 1.165) is 5.56 Å². The minimum atomic E-state index is -0.520. The van der Waals surface area contributed by atoms with Crippen molar-refractivity contribution in [1.29, 1.82) is 0 Å². The van der Waals surface area contributed by atoms with Crippen LogP contribution in [0.25, 0.3) is 0 Å². The topological polar surface area (TPSA) is 107 Å². The van der Waals surface area contributed by atoms with Crippen molar-refractivity contribution in [3.8, 4) is 0 Å². The van der Waals surface area contributed by atoms with E-state index in [-0.39, 0.29) is 19.1 Å². The summed E-state index contributed by atoms with van der Waals surface area (Å²) in [5.74, 6) is -0.585. The molecule has 0 heterocycles. The normalized spacial score (nSPS) is 10.1. The van der Waals surface area contributed by atoms with Crippen LogP contribution < -0.4 is 16.8 Å². The SMILES string of the molecule is NC(=O)COCCNC(=O)CCc1cccc(N)c1. The van der Waals surface area contributed by atoms with Crippen LogP contribution in [0, 0.1) is 0 Å². The lowest BCUT2D eigenvalue weighted by molar-refractivity contribution is -0.122. The van der Waals surface area contributed by atoms with Crippen LogP contribution in [0.4, 0.5) is 5.69 Å². The molecule has 0 bridgehead atoms. The maximum absolute atomic E-state index is 11.5. The van der Waals surface area contributed by atoms with Crippen molar-refractivity contribution in [2.75, 3.05) is 25.5 Å². The Bertz CT molecular complexity index is 435. The third-order valence-corrected chi connectivity index (χ3v) is 2.40. The number of anilines is 1. The highest BCUT2D eigenvalue weighted by atomic mass is 16.5. The number of benzene rings is 1. The molecule has 0 saturated carbocycles. The first-order valence-electron chi connectivity index (χ1n) is 6.05. The average molecular weight is 265 g/mol. The molecule has 0 aliphatic rings. The number of nitrogen functional groups attached to an aromatic ring is 1. The predicted molar refractivity (Wildman–Crippen MR) is 72.2 cm³/mol. The number of aryl methyl sites for hydroxylation is 1. The molecule has 1 aromatic rings. The average Bonchev–Trinajstić information content (AvgIpc) is 2.35. The molecule has 0 radical (unpaired) electrons. The van der Waals surface area contributed by atoms with Crippen molar-refractivity contribution in [3.05, 3.63) is 29.8 Å². The largest absolute Gasteiger partial charge is 0.399 e. The van der Waals surface area contributed by atoms with Crippen molar-refractivity contribution < 1.29 is 14.3 Å². The highest BCUT2D eigenvalue weighted by molar-refractivity contribution is 5.76. The lowest BCUT2D eigenvalue weighted by atomic mass is 10.1. The Balaban J connectivity index is 2.13. The van der Waals surface area contributed by atoms with Crippen LogP contribution in [0.2, 0.25) is 0 Å². The Hall–Kier alpha value is -2.08. The predicted octanol–water partition coefficient (Wildman–Crippen LogP) is -0.180. The Kier molecular flexibility index (Phi) is 6.38. The molecule has 0 saturated heterocycles. The molecule has 0 aromatic heterocycles. The summed E-state index contributed by atoms with van der Waals surface area (Å²) in [7, 11) is 0. The maximum Gasteiger partial charge on any atom is 0.243 e. The number of ether oxygens (including phenoxy) is 1. The number of rotatable bonds is 8.